The highest BCUT2D eigenvalue weighted by Crippen LogP contribution is 2.28. The summed E-state index contributed by atoms with van der Waals surface area (Å²) in [6.45, 7) is 1.30. The van der Waals surface area contributed by atoms with Crippen LogP contribution in [0.3, 0.4) is 0 Å². The molecule has 0 spiro atoms. The zero-order valence-electron chi connectivity index (χ0n) is 20.6. The predicted octanol–water partition coefficient (Wildman–Crippen LogP) is 4.49. The van der Waals surface area contributed by atoms with E-state index in [9.17, 15) is 9.59 Å². The van der Waals surface area contributed by atoms with Gasteiger partial charge in [0.1, 0.15) is 19.0 Å². The third kappa shape index (κ3) is 8.51. The van der Waals surface area contributed by atoms with Gasteiger partial charge in [-0.15, -0.1) is 0 Å². The van der Waals surface area contributed by atoms with Gasteiger partial charge in [-0.2, -0.15) is 0 Å². The van der Waals surface area contributed by atoms with E-state index in [4.69, 9.17) is 19.3 Å². The Morgan fingerprint density at radius 2 is 1.61 bits per heavy atom. The van der Waals surface area contributed by atoms with E-state index in [-0.39, 0.29) is 5.91 Å². The van der Waals surface area contributed by atoms with Crippen molar-refractivity contribution in [3.05, 3.63) is 95.6 Å². The van der Waals surface area contributed by atoms with Gasteiger partial charge in [0.15, 0.2) is 11.5 Å². The highest BCUT2D eigenvalue weighted by atomic mass is 16.5. The summed E-state index contributed by atoms with van der Waals surface area (Å²) in [5.41, 5.74) is 2.83. The molecule has 0 atom stereocenters. The third-order valence-electron chi connectivity index (χ3n) is 5.50. The third-order valence-corrected chi connectivity index (χ3v) is 5.50. The van der Waals surface area contributed by atoms with Crippen LogP contribution in [0.25, 0.3) is 6.08 Å². The smallest absolute Gasteiger partial charge is 0.328 e. The average Bonchev–Trinajstić information content (AvgIpc) is 2.90. The molecule has 0 fully saturated rings. The molecule has 0 saturated heterocycles. The van der Waals surface area contributed by atoms with Crippen LogP contribution >= 0.6 is 0 Å². The summed E-state index contributed by atoms with van der Waals surface area (Å²) in [5.74, 6) is 0.793. The standard InChI is InChI=1S/C29H31NO6/c1-30(17-16-22-6-4-3-5-7-22)28(31)21-24-8-12-25(13-9-24)35-18-19-36-26-14-10-23(11-15-29(32)33)20-27(26)34-2/h3-15,20H,16-19,21H2,1-2H3,(H,32,33)/b15-11+. The summed E-state index contributed by atoms with van der Waals surface area (Å²) in [6, 6.07) is 22.8. The summed E-state index contributed by atoms with van der Waals surface area (Å²) in [7, 11) is 3.36. The van der Waals surface area contributed by atoms with Crippen molar-refractivity contribution >= 4 is 18.0 Å². The number of carboxylic acid groups (broad SMARTS) is 1. The summed E-state index contributed by atoms with van der Waals surface area (Å²) < 4.78 is 16.8. The molecule has 0 aliphatic carbocycles. The number of ether oxygens (including phenoxy) is 3. The number of amides is 1. The lowest BCUT2D eigenvalue weighted by Crippen LogP contribution is -2.30. The Morgan fingerprint density at radius 3 is 2.31 bits per heavy atom. The number of likely N-dealkylation sites (N-methyl/N-ethyl adjacent to an activating group) is 1. The maximum Gasteiger partial charge on any atom is 0.328 e. The number of carbonyl (C=O) groups is 2. The van der Waals surface area contributed by atoms with Crippen molar-refractivity contribution in [2.75, 3.05) is 33.9 Å². The lowest BCUT2D eigenvalue weighted by atomic mass is 10.1. The lowest BCUT2D eigenvalue weighted by molar-refractivity contribution is -0.131. The summed E-state index contributed by atoms with van der Waals surface area (Å²) >= 11 is 0. The van der Waals surface area contributed by atoms with E-state index in [0.717, 1.165) is 18.1 Å². The largest absolute Gasteiger partial charge is 0.493 e. The molecule has 188 valence electrons. The van der Waals surface area contributed by atoms with Crippen LogP contribution in [0.5, 0.6) is 17.2 Å². The van der Waals surface area contributed by atoms with Crippen molar-refractivity contribution in [1.82, 2.24) is 4.90 Å². The van der Waals surface area contributed by atoms with Gasteiger partial charge in [-0.1, -0.05) is 48.5 Å². The van der Waals surface area contributed by atoms with Gasteiger partial charge >= 0.3 is 5.97 Å². The predicted molar refractivity (Wildman–Crippen MR) is 139 cm³/mol. The first-order valence-corrected chi connectivity index (χ1v) is 11.7. The first-order valence-electron chi connectivity index (χ1n) is 11.7. The van der Waals surface area contributed by atoms with Gasteiger partial charge < -0.3 is 24.2 Å². The van der Waals surface area contributed by atoms with Crippen molar-refractivity contribution in [3.63, 3.8) is 0 Å². The minimum Gasteiger partial charge on any atom is -0.493 e. The molecule has 7 nitrogen and oxygen atoms in total. The van der Waals surface area contributed by atoms with Gasteiger partial charge in [0, 0.05) is 19.7 Å². The van der Waals surface area contributed by atoms with Gasteiger partial charge in [0.25, 0.3) is 0 Å². The van der Waals surface area contributed by atoms with Crippen LogP contribution in [0.2, 0.25) is 0 Å². The Balaban J connectivity index is 1.41. The van der Waals surface area contributed by atoms with Gasteiger partial charge in [-0.25, -0.2) is 4.79 Å². The SMILES string of the molecule is COc1cc(/C=C/C(=O)O)ccc1OCCOc1ccc(CC(=O)N(C)CCc2ccccc2)cc1. The van der Waals surface area contributed by atoms with E-state index in [0.29, 0.717) is 49.0 Å². The molecule has 1 N–H and O–H groups in total. The van der Waals surface area contributed by atoms with Crippen LogP contribution in [-0.2, 0) is 22.4 Å². The Morgan fingerprint density at radius 1 is 0.889 bits per heavy atom. The quantitative estimate of drug-likeness (QED) is 0.281. The Labute approximate surface area is 211 Å². The van der Waals surface area contributed by atoms with E-state index in [1.54, 1.807) is 23.1 Å². The van der Waals surface area contributed by atoms with E-state index in [1.165, 1.54) is 18.7 Å². The monoisotopic (exact) mass is 489 g/mol. The highest BCUT2D eigenvalue weighted by molar-refractivity contribution is 5.85. The second-order valence-corrected chi connectivity index (χ2v) is 8.15. The lowest BCUT2D eigenvalue weighted by Gasteiger charge is -2.17. The second kappa shape index (κ2) is 13.6. The topological polar surface area (TPSA) is 85.3 Å². The zero-order valence-corrected chi connectivity index (χ0v) is 20.6. The van der Waals surface area contributed by atoms with Gasteiger partial charge in [0.2, 0.25) is 5.91 Å². The molecule has 3 aromatic carbocycles. The number of aliphatic carboxylic acids is 1. The van der Waals surface area contributed by atoms with E-state index in [1.807, 2.05) is 49.5 Å². The maximum absolute atomic E-state index is 12.5. The fourth-order valence-electron chi connectivity index (χ4n) is 3.47. The van der Waals surface area contributed by atoms with Crippen LogP contribution in [-0.4, -0.2) is 55.8 Å². The maximum atomic E-state index is 12.5. The van der Waals surface area contributed by atoms with Crippen molar-refractivity contribution in [3.8, 4) is 17.2 Å². The number of nitrogens with zero attached hydrogens (tertiary/aromatic N) is 1. The van der Waals surface area contributed by atoms with Crippen molar-refractivity contribution < 1.29 is 28.9 Å². The molecule has 36 heavy (non-hydrogen) atoms. The summed E-state index contributed by atoms with van der Waals surface area (Å²) in [4.78, 5) is 25.0. The molecule has 0 aliphatic rings. The molecular formula is C29H31NO6. The minimum atomic E-state index is -1.02. The zero-order chi connectivity index (χ0) is 25.8. The molecule has 0 radical (unpaired) electrons. The Bertz CT molecular complexity index is 1160. The number of hydrogen-bond acceptors (Lipinski definition) is 5. The molecule has 0 bridgehead atoms. The number of carboxylic acids is 1. The normalized spacial score (nSPS) is 10.7. The highest BCUT2D eigenvalue weighted by Gasteiger charge is 2.10. The van der Waals surface area contributed by atoms with Crippen LogP contribution in [0.4, 0.5) is 0 Å². The molecule has 3 rings (SSSR count). The molecule has 0 unspecified atom stereocenters. The molecule has 0 aliphatic heterocycles. The van der Waals surface area contributed by atoms with Crippen molar-refractivity contribution in [1.29, 1.82) is 0 Å². The van der Waals surface area contributed by atoms with Crippen LogP contribution in [0, 0.1) is 0 Å². The molecule has 0 aromatic heterocycles. The van der Waals surface area contributed by atoms with Gasteiger partial charge in [-0.3, -0.25) is 4.79 Å². The van der Waals surface area contributed by atoms with Gasteiger partial charge in [0.05, 0.1) is 13.5 Å². The molecule has 1 amide bonds. The number of hydrogen-bond donors (Lipinski definition) is 1. The molecule has 0 saturated carbocycles. The fourth-order valence-corrected chi connectivity index (χ4v) is 3.47. The van der Waals surface area contributed by atoms with E-state index in [2.05, 4.69) is 12.1 Å². The number of benzene rings is 3. The fraction of sp³-hybridized carbons (Fsp3) is 0.241. The number of rotatable bonds is 13. The number of carbonyl (C=O) groups excluding carboxylic acids is 1. The first-order chi connectivity index (χ1) is 17.4. The van der Waals surface area contributed by atoms with E-state index >= 15 is 0 Å². The first kappa shape index (κ1) is 26.3. The Hall–Kier alpha value is -4.26. The molecule has 0 heterocycles. The minimum absolute atomic E-state index is 0.0754. The summed E-state index contributed by atoms with van der Waals surface area (Å²) in [5, 5.41) is 8.75. The second-order valence-electron chi connectivity index (χ2n) is 8.15. The summed E-state index contributed by atoms with van der Waals surface area (Å²) in [6.07, 6.45) is 3.72. The van der Waals surface area contributed by atoms with E-state index < -0.39 is 5.97 Å². The Kier molecular flexibility index (Phi) is 9.94. The average molecular weight is 490 g/mol. The van der Waals surface area contributed by atoms with Crippen LogP contribution in [0.15, 0.2) is 78.9 Å². The molecule has 3 aromatic rings. The molecular weight excluding hydrogens is 458 g/mol. The number of methoxy groups -OCH3 is 1. The van der Waals surface area contributed by atoms with Crippen LogP contribution < -0.4 is 14.2 Å². The van der Waals surface area contributed by atoms with Crippen molar-refractivity contribution in [2.24, 2.45) is 0 Å². The van der Waals surface area contributed by atoms with Crippen LogP contribution in [0.1, 0.15) is 16.7 Å². The van der Waals surface area contributed by atoms with Gasteiger partial charge in [-0.05, 0) is 53.5 Å². The van der Waals surface area contributed by atoms with Crippen molar-refractivity contribution in [2.45, 2.75) is 12.8 Å². The molecule has 7 heteroatoms.